The second-order valence-electron chi connectivity index (χ2n) is 7.70. The predicted molar refractivity (Wildman–Crippen MR) is 91.4 cm³/mol. The highest BCUT2D eigenvalue weighted by Crippen LogP contribution is 2.57. The Balaban J connectivity index is 1.70. The van der Waals surface area contributed by atoms with E-state index in [0.717, 1.165) is 38.0 Å². The molecule has 2 bridgehead atoms. The van der Waals surface area contributed by atoms with Gasteiger partial charge in [-0.15, -0.1) is 0 Å². The van der Waals surface area contributed by atoms with Gasteiger partial charge in [-0.1, -0.05) is 12.1 Å². The summed E-state index contributed by atoms with van der Waals surface area (Å²) in [5.41, 5.74) is 4.53. The van der Waals surface area contributed by atoms with Crippen molar-refractivity contribution in [1.29, 1.82) is 0 Å². The molecular formula is C20H25NO3. The van der Waals surface area contributed by atoms with Gasteiger partial charge in [-0.2, -0.15) is 0 Å². The minimum atomic E-state index is -0.415. The standard InChI is InChI=1S/C20H25NO3/c1-21-8-7-19-13-20(23-9-10-24-20)6-5-16(19)18(21)11-14-3-4-15(22-2)12-17(14)19/h3-5,12,18H,6-11,13H2,1-2H3. The summed E-state index contributed by atoms with van der Waals surface area (Å²) in [6.45, 7) is 2.55. The van der Waals surface area contributed by atoms with Gasteiger partial charge in [0, 0.05) is 24.3 Å². The van der Waals surface area contributed by atoms with E-state index in [1.54, 1.807) is 12.7 Å². The highest BCUT2D eigenvalue weighted by atomic mass is 16.7. The number of fused-ring (bicyclic) bond motifs is 1. The van der Waals surface area contributed by atoms with Crippen LogP contribution in [0.25, 0.3) is 0 Å². The van der Waals surface area contributed by atoms with Gasteiger partial charge >= 0.3 is 0 Å². The molecule has 5 rings (SSSR count). The Hall–Kier alpha value is -1.36. The average Bonchev–Trinajstić information content (AvgIpc) is 3.05. The van der Waals surface area contributed by atoms with Gasteiger partial charge in [-0.25, -0.2) is 0 Å². The molecule has 0 aromatic heterocycles. The molecule has 2 saturated heterocycles. The summed E-state index contributed by atoms with van der Waals surface area (Å²) in [5.74, 6) is 0.537. The number of nitrogens with zero attached hydrogens (tertiary/aromatic N) is 1. The molecule has 2 unspecified atom stereocenters. The molecule has 2 atom stereocenters. The molecule has 2 fully saturated rings. The van der Waals surface area contributed by atoms with Crippen molar-refractivity contribution >= 4 is 0 Å². The van der Waals surface area contributed by atoms with Crippen LogP contribution in [0.5, 0.6) is 5.75 Å². The quantitative estimate of drug-likeness (QED) is 0.742. The van der Waals surface area contributed by atoms with Gasteiger partial charge in [0.25, 0.3) is 0 Å². The van der Waals surface area contributed by atoms with Crippen LogP contribution in [0.15, 0.2) is 29.8 Å². The highest BCUT2D eigenvalue weighted by Gasteiger charge is 2.56. The fourth-order valence-electron chi connectivity index (χ4n) is 5.43. The summed E-state index contributed by atoms with van der Waals surface area (Å²) >= 11 is 0. The molecule has 0 saturated carbocycles. The van der Waals surface area contributed by atoms with Crippen LogP contribution < -0.4 is 4.74 Å². The maximum atomic E-state index is 6.10. The summed E-state index contributed by atoms with van der Waals surface area (Å²) in [7, 11) is 4.01. The summed E-state index contributed by atoms with van der Waals surface area (Å²) in [4.78, 5) is 2.52. The number of likely N-dealkylation sites (tertiary alicyclic amines) is 1. The lowest BCUT2D eigenvalue weighted by molar-refractivity contribution is -0.176. The number of hydrogen-bond donors (Lipinski definition) is 0. The molecule has 128 valence electrons. The number of likely N-dealkylation sites (N-methyl/N-ethyl adjacent to an activating group) is 1. The van der Waals surface area contributed by atoms with Gasteiger partial charge in [0.2, 0.25) is 0 Å². The van der Waals surface area contributed by atoms with E-state index in [1.807, 2.05) is 0 Å². The van der Waals surface area contributed by atoms with E-state index in [1.165, 1.54) is 11.1 Å². The Morgan fingerprint density at radius 3 is 2.88 bits per heavy atom. The maximum Gasteiger partial charge on any atom is 0.173 e. The van der Waals surface area contributed by atoms with Gasteiger partial charge in [-0.3, -0.25) is 4.90 Å². The molecule has 2 aliphatic carbocycles. The van der Waals surface area contributed by atoms with Crippen LogP contribution in [0.4, 0.5) is 0 Å². The maximum absolute atomic E-state index is 6.10. The van der Waals surface area contributed by atoms with Crippen molar-refractivity contribution in [1.82, 2.24) is 4.90 Å². The zero-order valence-corrected chi connectivity index (χ0v) is 14.5. The van der Waals surface area contributed by atoms with Crippen molar-refractivity contribution in [3.05, 3.63) is 41.0 Å². The molecule has 4 nitrogen and oxygen atoms in total. The van der Waals surface area contributed by atoms with Crippen LogP contribution in [0.1, 0.15) is 30.4 Å². The molecule has 2 heterocycles. The van der Waals surface area contributed by atoms with Crippen molar-refractivity contribution in [2.24, 2.45) is 0 Å². The number of piperidine rings is 1. The van der Waals surface area contributed by atoms with Crippen LogP contribution >= 0.6 is 0 Å². The molecular weight excluding hydrogens is 302 g/mol. The predicted octanol–water partition coefficient (Wildman–Crippen LogP) is 2.66. The third kappa shape index (κ3) is 1.91. The summed E-state index contributed by atoms with van der Waals surface area (Å²) in [6, 6.07) is 7.13. The third-order valence-corrected chi connectivity index (χ3v) is 6.60. The lowest BCUT2D eigenvalue weighted by Gasteiger charge is -2.56. The van der Waals surface area contributed by atoms with Gasteiger partial charge < -0.3 is 14.2 Å². The molecule has 1 spiro atoms. The fourth-order valence-corrected chi connectivity index (χ4v) is 5.43. The number of rotatable bonds is 1. The normalized spacial score (nSPS) is 33.8. The first-order valence-electron chi connectivity index (χ1n) is 9.02. The van der Waals surface area contributed by atoms with Crippen molar-refractivity contribution in [2.75, 3.05) is 33.9 Å². The topological polar surface area (TPSA) is 30.9 Å². The molecule has 1 aromatic rings. The van der Waals surface area contributed by atoms with Crippen molar-refractivity contribution in [2.45, 2.75) is 42.9 Å². The average molecular weight is 327 g/mol. The van der Waals surface area contributed by atoms with Crippen LogP contribution in [-0.4, -0.2) is 50.6 Å². The van der Waals surface area contributed by atoms with Gasteiger partial charge in [0.1, 0.15) is 5.75 Å². The van der Waals surface area contributed by atoms with Crippen LogP contribution in [0.3, 0.4) is 0 Å². The lowest BCUT2D eigenvalue weighted by atomic mass is 9.56. The fraction of sp³-hybridized carbons (Fsp3) is 0.600. The van der Waals surface area contributed by atoms with E-state index in [4.69, 9.17) is 14.2 Å². The van der Waals surface area contributed by atoms with Crippen LogP contribution in [0, 0.1) is 0 Å². The molecule has 0 N–H and O–H groups in total. The molecule has 4 aliphatic rings. The SMILES string of the molecule is COc1ccc2c(c1)C13CCN(C)C(C2)C1=CCC1(C3)OCCO1. The smallest absolute Gasteiger partial charge is 0.173 e. The summed E-state index contributed by atoms with van der Waals surface area (Å²) < 4.78 is 17.7. The summed E-state index contributed by atoms with van der Waals surface area (Å²) in [5, 5.41) is 0. The molecule has 4 heteroatoms. The second-order valence-corrected chi connectivity index (χ2v) is 7.70. The Morgan fingerprint density at radius 1 is 1.25 bits per heavy atom. The zero-order valence-electron chi connectivity index (χ0n) is 14.5. The largest absolute Gasteiger partial charge is 0.497 e. The minimum absolute atomic E-state index is 0.0435. The highest BCUT2D eigenvalue weighted by molar-refractivity contribution is 5.54. The first-order valence-corrected chi connectivity index (χ1v) is 9.02. The molecule has 0 amide bonds. The molecule has 24 heavy (non-hydrogen) atoms. The Morgan fingerprint density at radius 2 is 2.08 bits per heavy atom. The van der Waals surface area contributed by atoms with E-state index >= 15 is 0 Å². The van der Waals surface area contributed by atoms with Crippen LogP contribution in [0.2, 0.25) is 0 Å². The lowest BCUT2D eigenvalue weighted by Crippen LogP contribution is -2.58. The van der Waals surface area contributed by atoms with Crippen LogP contribution in [-0.2, 0) is 21.3 Å². The second kappa shape index (κ2) is 5.07. The molecule has 1 aromatic carbocycles. The van der Waals surface area contributed by atoms with Gasteiger partial charge in [0.05, 0.1) is 20.3 Å². The van der Waals surface area contributed by atoms with Gasteiger partial charge in [-0.05, 0) is 55.3 Å². The Kier molecular flexibility index (Phi) is 3.16. The monoisotopic (exact) mass is 327 g/mol. The summed E-state index contributed by atoms with van der Waals surface area (Å²) in [6.07, 6.45) is 6.47. The van der Waals surface area contributed by atoms with E-state index in [-0.39, 0.29) is 5.41 Å². The number of ether oxygens (including phenoxy) is 3. The number of methoxy groups -OCH3 is 1. The Labute approximate surface area is 143 Å². The van der Waals surface area contributed by atoms with E-state index in [9.17, 15) is 0 Å². The van der Waals surface area contributed by atoms with Gasteiger partial charge in [0.15, 0.2) is 5.79 Å². The minimum Gasteiger partial charge on any atom is -0.497 e. The van der Waals surface area contributed by atoms with E-state index < -0.39 is 5.79 Å². The number of hydrogen-bond acceptors (Lipinski definition) is 4. The first kappa shape index (κ1) is 14.9. The van der Waals surface area contributed by atoms with E-state index in [2.05, 4.69) is 36.2 Å². The van der Waals surface area contributed by atoms with Crippen molar-refractivity contribution < 1.29 is 14.2 Å². The van der Waals surface area contributed by atoms with Crippen molar-refractivity contribution in [3.8, 4) is 5.75 Å². The Bertz CT molecular complexity index is 707. The molecule has 2 aliphatic heterocycles. The third-order valence-electron chi connectivity index (χ3n) is 6.60. The zero-order chi connectivity index (χ0) is 16.4. The van der Waals surface area contributed by atoms with Crippen molar-refractivity contribution in [3.63, 3.8) is 0 Å². The van der Waals surface area contributed by atoms with E-state index in [0.29, 0.717) is 19.3 Å². The number of benzene rings is 1. The molecule has 0 radical (unpaired) electrons. The first-order chi connectivity index (χ1) is 11.7.